The van der Waals surface area contributed by atoms with Gasteiger partial charge in [0, 0.05) is 27.2 Å². The van der Waals surface area contributed by atoms with Gasteiger partial charge in [0.25, 0.3) is 0 Å². The van der Waals surface area contributed by atoms with Crippen LogP contribution in [0.15, 0.2) is 4.99 Å². The molecule has 1 heterocycles. The summed E-state index contributed by atoms with van der Waals surface area (Å²) in [6.45, 7) is 1.35. The fourth-order valence-corrected chi connectivity index (χ4v) is 1.27. The van der Waals surface area contributed by atoms with Crippen LogP contribution >= 0.6 is 0 Å². The lowest BCUT2D eigenvalue weighted by molar-refractivity contribution is 0.0216. The Balaban J connectivity index is 2.42. The van der Waals surface area contributed by atoms with Gasteiger partial charge in [-0.25, -0.2) is 0 Å². The van der Waals surface area contributed by atoms with Crippen LogP contribution in [0.2, 0.25) is 0 Å². The molecule has 0 amide bonds. The largest absolute Gasteiger partial charge is 0.388 e. The first-order valence-corrected chi connectivity index (χ1v) is 3.65. The molecule has 1 saturated heterocycles. The SMILES string of the molecule is C/N=C/N1C[C@@H](O)[C@H](OC)C1. The lowest BCUT2D eigenvalue weighted by Gasteiger charge is -2.09. The molecule has 0 aromatic heterocycles. The number of aliphatic hydroxyl groups excluding tert-OH is 1. The van der Waals surface area contributed by atoms with E-state index in [1.807, 2.05) is 4.90 Å². The van der Waals surface area contributed by atoms with Crippen LogP contribution in [0.5, 0.6) is 0 Å². The fourth-order valence-electron chi connectivity index (χ4n) is 1.27. The Labute approximate surface area is 66.5 Å². The highest BCUT2D eigenvalue weighted by Gasteiger charge is 2.29. The monoisotopic (exact) mass is 158 g/mol. The van der Waals surface area contributed by atoms with E-state index < -0.39 is 0 Å². The van der Waals surface area contributed by atoms with Crippen molar-refractivity contribution in [1.82, 2.24) is 4.90 Å². The van der Waals surface area contributed by atoms with E-state index >= 15 is 0 Å². The number of aliphatic imine (C=N–C) groups is 1. The van der Waals surface area contributed by atoms with Gasteiger partial charge in [-0.15, -0.1) is 0 Å². The molecular formula is C7H14N2O2. The number of aliphatic hydroxyl groups is 1. The summed E-state index contributed by atoms with van der Waals surface area (Å²) in [6, 6.07) is 0. The van der Waals surface area contributed by atoms with Crippen LogP contribution in [0.25, 0.3) is 0 Å². The molecule has 1 N–H and O–H groups in total. The molecule has 0 aliphatic carbocycles. The maximum absolute atomic E-state index is 9.36. The van der Waals surface area contributed by atoms with Crippen molar-refractivity contribution in [2.75, 3.05) is 27.2 Å². The van der Waals surface area contributed by atoms with Crippen molar-refractivity contribution in [3.8, 4) is 0 Å². The Kier molecular flexibility index (Phi) is 2.84. The minimum absolute atomic E-state index is 0.0620. The van der Waals surface area contributed by atoms with E-state index in [0.717, 1.165) is 6.54 Å². The van der Waals surface area contributed by atoms with Crippen molar-refractivity contribution in [3.05, 3.63) is 0 Å². The third-order valence-electron chi connectivity index (χ3n) is 1.85. The summed E-state index contributed by atoms with van der Waals surface area (Å²) in [7, 11) is 3.33. The van der Waals surface area contributed by atoms with Gasteiger partial charge in [-0.05, 0) is 0 Å². The zero-order valence-electron chi connectivity index (χ0n) is 6.90. The molecule has 0 aromatic rings. The quantitative estimate of drug-likeness (QED) is 0.428. The van der Waals surface area contributed by atoms with E-state index in [4.69, 9.17) is 4.74 Å². The van der Waals surface area contributed by atoms with Gasteiger partial charge < -0.3 is 14.7 Å². The average molecular weight is 158 g/mol. The topological polar surface area (TPSA) is 45.1 Å². The highest BCUT2D eigenvalue weighted by Crippen LogP contribution is 2.10. The third kappa shape index (κ3) is 1.91. The number of methoxy groups -OCH3 is 1. The van der Waals surface area contributed by atoms with Crippen molar-refractivity contribution < 1.29 is 9.84 Å². The summed E-state index contributed by atoms with van der Waals surface area (Å²) in [5.74, 6) is 0. The number of rotatable bonds is 2. The summed E-state index contributed by atoms with van der Waals surface area (Å²) in [5.41, 5.74) is 0. The molecule has 1 fully saturated rings. The molecule has 0 spiro atoms. The van der Waals surface area contributed by atoms with Gasteiger partial charge in [-0.2, -0.15) is 0 Å². The van der Waals surface area contributed by atoms with Gasteiger partial charge in [0.2, 0.25) is 0 Å². The van der Waals surface area contributed by atoms with E-state index in [1.54, 1.807) is 20.5 Å². The van der Waals surface area contributed by atoms with Gasteiger partial charge in [-0.1, -0.05) is 0 Å². The van der Waals surface area contributed by atoms with E-state index in [-0.39, 0.29) is 12.2 Å². The van der Waals surface area contributed by atoms with Gasteiger partial charge >= 0.3 is 0 Å². The summed E-state index contributed by atoms with van der Waals surface area (Å²) < 4.78 is 5.05. The molecule has 0 radical (unpaired) electrons. The second kappa shape index (κ2) is 3.69. The molecule has 0 aromatic carbocycles. The fraction of sp³-hybridized carbons (Fsp3) is 0.857. The summed E-state index contributed by atoms with van der Waals surface area (Å²) in [4.78, 5) is 5.80. The molecule has 0 unspecified atom stereocenters. The van der Waals surface area contributed by atoms with Crippen molar-refractivity contribution in [2.45, 2.75) is 12.2 Å². The molecule has 11 heavy (non-hydrogen) atoms. The van der Waals surface area contributed by atoms with Crippen LogP contribution in [0.4, 0.5) is 0 Å². The maximum Gasteiger partial charge on any atom is 0.102 e. The standard InChI is InChI=1S/C7H14N2O2/c1-8-5-9-3-6(10)7(4-9)11-2/h5-7,10H,3-4H2,1-2H3/b8-5+/t6-,7-/m1/s1. The normalized spacial score (nSPS) is 32.1. The van der Waals surface area contributed by atoms with Crippen LogP contribution in [0, 0.1) is 0 Å². The van der Waals surface area contributed by atoms with Crippen molar-refractivity contribution in [3.63, 3.8) is 0 Å². The number of hydrogen-bond acceptors (Lipinski definition) is 3. The molecule has 0 saturated carbocycles. The van der Waals surface area contributed by atoms with Gasteiger partial charge in [-0.3, -0.25) is 4.99 Å². The molecular weight excluding hydrogens is 144 g/mol. The molecule has 1 aliphatic heterocycles. The first-order valence-electron chi connectivity index (χ1n) is 3.65. The Bertz CT molecular complexity index is 149. The Hall–Kier alpha value is -0.610. The molecule has 0 bridgehead atoms. The van der Waals surface area contributed by atoms with Gasteiger partial charge in [0.05, 0.1) is 12.4 Å². The van der Waals surface area contributed by atoms with Crippen LogP contribution in [0.1, 0.15) is 0 Å². The Morgan fingerprint density at radius 1 is 1.64 bits per heavy atom. The maximum atomic E-state index is 9.36. The predicted octanol–water partition coefficient (Wildman–Crippen LogP) is -0.664. The summed E-state index contributed by atoms with van der Waals surface area (Å²) >= 11 is 0. The van der Waals surface area contributed by atoms with Gasteiger partial charge in [0.1, 0.15) is 6.10 Å². The average Bonchev–Trinajstić information content (AvgIpc) is 2.32. The predicted molar refractivity (Wildman–Crippen MR) is 42.8 cm³/mol. The second-order valence-electron chi connectivity index (χ2n) is 2.67. The highest BCUT2D eigenvalue weighted by molar-refractivity contribution is 5.55. The van der Waals surface area contributed by atoms with E-state index in [1.165, 1.54) is 0 Å². The molecule has 4 nitrogen and oxygen atoms in total. The Morgan fingerprint density at radius 3 is 2.82 bits per heavy atom. The molecule has 1 aliphatic rings. The second-order valence-corrected chi connectivity index (χ2v) is 2.67. The van der Waals surface area contributed by atoms with Crippen molar-refractivity contribution >= 4 is 6.34 Å². The van der Waals surface area contributed by atoms with E-state index in [0.29, 0.717) is 6.54 Å². The number of likely N-dealkylation sites (tertiary alicyclic amines) is 1. The first kappa shape index (κ1) is 8.49. The van der Waals surface area contributed by atoms with E-state index in [2.05, 4.69) is 4.99 Å². The minimum Gasteiger partial charge on any atom is -0.388 e. The zero-order chi connectivity index (χ0) is 8.27. The lowest BCUT2D eigenvalue weighted by Crippen LogP contribution is -2.25. The Morgan fingerprint density at radius 2 is 2.36 bits per heavy atom. The van der Waals surface area contributed by atoms with Crippen LogP contribution in [0.3, 0.4) is 0 Å². The molecule has 64 valence electrons. The smallest absolute Gasteiger partial charge is 0.102 e. The van der Waals surface area contributed by atoms with Crippen LogP contribution in [-0.2, 0) is 4.74 Å². The van der Waals surface area contributed by atoms with Crippen LogP contribution < -0.4 is 0 Å². The summed E-state index contributed by atoms with van der Waals surface area (Å²) in [5, 5.41) is 9.36. The number of ether oxygens (including phenoxy) is 1. The van der Waals surface area contributed by atoms with Crippen LogP contribution in [-0.4, -0.2) is 55.8 Å². The number of nitrogens with zero attached hydrogens (tertiary/aromatic N) is 2. The van der Waals surface area contributed by atoms with E-state index in [9.17, 15) is 5.11 Å². The first-order chi connectivity index (χ1) is 5.27. The number of β-amino-alcohol motifs (C(OH)–C–C–N with tert-alkyl or cyclic N) is 1. The lowest BCUT2D eigenvalue weighted by atomic mass is 10.3. The molecule has 2 atom stereocenters. The molecule has 4 heteroatoms. The van der Waals surface area contributed by atoms with Gasteiger partial charge in [0.15, 0.2) is 0 Å². The number of hydrogen-bond donors (Lipinski definition) is 1. The van der Waals surface area contributed by atoms with Crippen molar-refractivity contribution in [1.29, 1.82) is 0 Å². The minimum atomic E-state index is -0.377. The summed E-state index contributed by atoms with van der Waals surface area (Å²) in [6.07, 6.45) is 1.29. The molecule has 1 rings (SSSR count). The van der Waals surface area contributed by atoms with Crippen molar-refractivity contribution in [2.24, 2.45) is 4.99 Å². The zero-order valence-corrected chi connectivity index (χ0v) is 6.90. The third-order valence-corrected chi connectivity index (χ3v) is 1.85. The highest BCUT2D eigenvalue weighted by atomic mass is 16.5.